The van der Waals surface area contributed by atoms with Crippen LogP contribution >= 0.6 is 11.3 Å². The molecule has 1 heterocycles. The number of hydrogen-bond acceptors (Lipinski definition) is 4. The first-order valence-corrected chi connectivity index (χ1v) is 7.66. The van der Waals surface area contributed by atoms with Crippen LogP contribution in [0.2, 0.25) is 0 Å². The van der Waals surface area contributed by atoms with Gasteiger partial charge in [0.05, 0.1) is 0 Å². The summed E-state index contributed by atoms with van der Waals surface area (Å²) in [6.07, 6.45) is 0.217. The first kappa shape index (κ1) is 16.0. The zero-order valence-electron chi connectivity index (χ0n) is 12.4. The Balaban J connectivity index is 1.92. The molecule has 2 rings (SSSR count). The van der Waals surface area contributed by atoms with E-state index in [4.69, 9.17) is 0 Å². The molecule has 0 fully saturated rings. The molecule has 1 aromatic carbocycles. The molecule has 2 N–H and O–H groups in total. The Labute approximate surface area is 131 Å². The molecule has 2 amide bonds. The number of nitrogens with zero attached hydrogens (tertiary/aromatic N) is 1. The number of hydrogen-bond donors (Lipinski definition) is 2. The van der Waals surface area contributed by atoms with Gasteiger partial charge in [-0.15, -0.1) is 0 Å². The van der Waals surface area contributed by atoms with E-state index >= 15 is 0 Å². The highest BCUT2D eigenvalue weighted by Crippen LogP contribution is 2.10. The smallest absolute Gasteiger partial charge is 0.307 e. The van der Waals surface area contributed by atoms with Crippen molar-refractivity contribution in [1.82, 2.24) is 9.88 Å². The van der Waals surface area contributed by atoms with Gasteiger partial charge in [-0.25, -0.2) is 0 Å². The monoisotopic (exact) mass is 319 g/mol. The average Bonchev–Trinajstić information content (AvgIpc) is 2.84. The molecule has 6 nitrogen and oxygen atoms in total. The lowest BCUT2D eigenvalue weighted by Gasteiger charge is -2.07. The molecule has 0 aliphatic heterocycles. The number of carbonyl (C=O) groups excluding carboxylic acids is 2. The summed E-state index contributed by atoms with van der Waals surface area (Å²) in [5.74, 6) is -0.352. The zero-order valence-corrected chi connectivity index (χ0v) is 13.2. The molecule has 0 saturated carbocycles. The highest BCUT2D eigenvalue weighted by Gasteiger charge is 2.08. The number of aryl methyl sites for hydroxylation is 1. The zero-order chi connectivity index (χ0) is 16.1. The van der Waals surface area contributed by atoms with Crippen molar-refractivity contribution in [3.05, 3.63) is 50.6 Å². The normalized spacial score (nSPS) is 10.3. The highest BCUT2D eigenvalue weighted by atomic mass is 32.1. The van der Waals surface area contributed by atoms with Crippen LogP contribution in [0.5, 0.6) is 0 Å². The van der Waals surface area contributed by atoms with Crippen molar-refractivity contribution in [3.63, 3.8) is 0 Å². The van der Waals surface area contributed by atoms with Crippen LogP contribution < -0.4 is 15.5 Å². The third-order valence-corrected chi connectivity index (χ3v) is 4.08. The molecule has 7 heteroatoms. The third-order valence-electron chi connectivity index (χ3n) is 3.20. The molecule has 2 aromatic rings. The average molecular weight is 319 g/mol. The summed E-state index contributed by atoms with van der Waals surface area (Å²) in [4.78, 5) is 34.8. The van der Waals surface area contributed by atoms with E-state index in [9.17, 15) is 14.4 Å². The Kier molecular flexibility index (Phi) is 5.11. The van der Waals surface area contributed by atoms with Crippen LogP contribution in [0.25, 0.3) is 0 Å². The minimum Gasteiger partial charge on any atom is -0.355 e. The minimum absolute atomic E-state index is 0.0553. The van der Waals surface area contributed by atoms with Crippen molar-refractivity contribution in [2.75, 3.05) is 12.4 Å². The maximum atomic E-state index is 11.9. The van der Waals surface area contributed by atoms with Crippen molar-refractivity contribution in [2.45, 2.75) is 19.9 Å². The Bertz CT molecular complexity index is 731. The van der Waals surface area contributed by atoms with Gasteiger partial charge < -0.3 is 15.2 Å². The topological polar surface area (TPSA) is 80.2 Å². The summed E-state index contributed by atoms with van der Waals surface area (Å²) in [6, 6.07) is 6.62. The van der Waals surface area contributed by atoms with E-state index < -0.39 is 0 Å². The molecule has 22 heavy (non-hydrogen) atoms. The fourth-order valence-electron chi connectivity index (χ4n) is 1.96. The first-order valence-electron chi connectivity index (χ1n) is 6.78. The van der Waals surface area contributed by atoms with Gasteiger partial charge in [0.15, 0.2) is 0 Å². The molecule has 0 unspecified atom stereocenters. The summed E-state index contributed by atoms with van der Waals surface area (Å²) >= 11 is 1.13. The number of carbonyl (C=O) groups is 2. The SMILES string of the molecule is CNC(=O)c1ccc(NC(=O)CCn2c(C)csc2=O)cc1. The Morgan fingerprint density at radius 1 is 1.23 bits per heavy atom. The molecule has 0 atom stereocenters. The van der Waals surface area contributed by atoms with Gasteiger partial charge in [0.2, 0.25) is 5.91 Å². The molecule has 0 radical (unpaired) electrons. The molecular weight excluding hydrogens is 302 g/mol. The van der Waals surface area contributed by atoms with E-state index in [1.165, 1.54) is 0 Å². The number of aromatic nitrogens is 1. The third kappa shape index (κ3) is 3.82. The van der Waals surface area contributed by atoms with Gasteiger partial charge >= 0.3 is 4.87 Å². The van der Waals surface area contributed by atoms with Crippen LogP contribution in [-0.2, 0) is 11.3 Å². The van der Waals surface area contributed by atoms with Crippen LogP contribution in [0.1, 0.15) is 22.5 Å². The van der Waals surface area contributed by atoms with Crippen LogP contribution in [-0.4, -0.2) is 23.4 Å². The van der Waals surface area contributed by atoms with E-state index in [1.807, 2.05) is 6.92 Å². The summed E-state index contributed by atoms with van der Waals surface area (Å²) < 4.78 is 1.58. The maximum absolute atomic E-state index is 11.9. The molecule has 1 aromatic heterocycles. The summed E-state index contributed by atoms with van der Waals surface area (Å²) in [7, 11) is 1.56. The molecule has 0 saturated heterocycles. The van der Waals surface area contributed by atoms with Crippen molar-refractivity contribution in [3.8, 4) is 0 Å². The van der Waals surface area contributed by atoms with Crippen LogP contribution in [0.15, 0.2) is 34.4 Å². The second kappa shape index (κ2) is 7.04. The molecule has 0 spiro atoms. The standard InChI is InChI=1S/C15H17N3O3S/c1-10-9-22-15(21)18(10)8-7-13(19)17-12-5-3-11(4-6-12)14(20)16-2/h3-6,9H,7-8H2,1-2H3,(H,16,20)(H,17,19). The van der Waals surface area contributed by atoms with E-state index in [2.05, 4.69) is 10.6 Å². The number of rotatable bonds is 5. The van der Waals surface area contributed by atoms with Gasteiger partial charge in [0, 0.05) is 42.3 Å². The van der Waals surface area contributed by atoms with Crippen molar-refractivity contribution < 1.29 is 9.59 Å². The summed E-state index contributed by atoms with van der Waals surface area (Å²) in [6.45, 7) is 2.20. The predicted octanol–water partition coefficient (Wildman–Crippen LogP) is 1.61. The molecule has 0 aliphatic rings. The summed E-state index contributed by atoms with van der Waals surface area (Å²) in [5.41, 5.74) is 2.01. The lowest BCUT2D eigenvalue weighted by molar-refractivity contribution is -0.116. The van der Waals surface area contributed by atoms with Gasteiger partial charge in [-0.1, -0.05) is 11.3 Å². The fourth-order valence-corrected chi connectivity index (χ4v) is 2.72. The van der Waals surface area contributed by atoms with Gasteiger partial charge in [-0.05, 0) is 31.2 Å². The Morgan fingerprint density at radius 2 is 1.91 bits per heavy atom. The number of anilines is 1. The number of amides is 2. The van der Waals surface area contributed by atoms with Crippen molar-refractivity contribution in [2.24, 2.45) is 0 Å². The molecule has 0 aliphatic carbocycles. The quantitative estimate of drug-likeness (QED) is 0.878. The van der Waals surface area contributed by atoms with Crippen LogP contribution in [0, 0.1) is 6.92 Å². The van der Waals surface area contributed by atoms with Crippen molar-refractivity contribution in [1.29, 1.82) is 0 Å². The van der Waals surface area contributed by atoms with Gasteiger partial charge in [0.25, 0.3) is 5.91 Å². The highest BCUT2D eigenvalue weighted by molar-refractivity contribution is 7.07. The van der Waals surface area contributed by atoms with Crippen LogP contribution in [0.4, 0.5) is 5.69 Å². The van der Waals surface area contributed by atoms with Crippen molar-refractivity contribution >= 4 is 28.8 Å². The predicted molar refractivity (Wildman–Crippen MR) is 86.4 cm³/mol. The Hall–Kier alpha value is -2.41. The molecular formula is C15H17N3O3S. The van der Waals surface area contributed by atoms with E-state index in [0.717, 1.165) is 17.0 Å². The summed E-state index contributed by atoms with van der Waals surface area (Å²) in [5, 5.41) is 7.05. The lowest BCUT2D eigenvalue weighted by Crippen LogP contribution is -2.20. The largest absolute Gasteiger partial charge is 0.355 e. The number of benzene rings is 1. The van der Waals surface area contributed by atoms with E-state index in [1.54, 1.807) is 41.3 Å². The van der Waals surface area contributed by atoms with E-state index in [0.29, 0.717) is 17.8 Å². The Morgan fingerprint density at radius 3 is 2.45 bits per heavy atom. The molecule has 0 bridgehead atoms. The lowest BCUT2D eigenvalue weighted by atomic mass is 10.2. The first-order chi connectivity index (χ1) is 10.5. The fraction of sp³-hybridized carbons (Fsp3) is 0.267. The second-order valence-electron chi connectivity index (χ2n) is 4.75. The van der Waals surface area contributed by atoms with E-state index in [-0.39, 0.29) is 23.1 Å². The number of nitrogens with one attached hydrogen (secondary N) is 2. The van der Waals surface area contributed by atoms with Crippen LogP contribution in [0.3, 0.4) is 0 Å². The maximum Gasteiger partial charge on any atom is 0.307 e. The van der Waals surface area contributed by atoms with Gasteiger partial charge in [0.1, 0.15) is 0 Å². The minimum atomic E-state index is -0.176. The molecule has 116 valence electrons. The number of thiazole rings is 1. The van der Waals surface area contributed by atoms with Gasteiger partial charge in [-0.3, -0.25) is 14.4 Å². The van der Waals surface area contributed by atoms with Gasteiger partial charge in [-0.2, -0.15) is 0 Å². The second-order valence-corrected chi connectivity index (χ2v) is 5.57.